The minimum atomic E-state index is 0.388. The number of ether oxygens (including phenoxy) is 1. The molecule has 0 unspecified atom stereocenters. The molecule has 1 saturated carbocycles. The van der Waals surface area contributed by atoms with Crippen LogP contribution in [0, 0.1) is 0 Å². The summed E-state index contributed by atoms with van der Waals surface area (Å²) in [6, 6.07) is 10.4. The predicted molar refractivity (Wildman–Crippen MR) is 82.1 cm³/mol. The molecule has 1 aromatic heterocycles. The Hall–Kier alpha value is -1.72. The molecule has 4 rings (SSSR count). The van der Waals surface area contributed by atoms with Crippen LogP contribution < -0.4 is 0 Å². The molecule has 2 atom stereocenters. The van der Waals surface area contributed by atoms with Crippen molar-refractivity contribution >= 4 is 0 Å². The average molecular weight is 299 g/mol. The monoisotopic (exact) mass is 299 g/mol. The molecular formula is C17H21N3O2. The Morgan fingerprint density at radius 1 is 1.09 bits per heavy atom. The van der Waals surface area contributed by atoms with Gasteiger partial charge < -0.3 is 9.15 Å². The summed E-state index contributed by atoms with van der Waals surface area (Å²) >= 11 is 0. The topological polar surface area (TPSA) is 51.4 Å². The van der Waals surface area contributed by atoms with E-state index >= 15 is 0 Å². The van der Waals surface area contributed by atoms with Crippen LogP contribution in [-0.2, 0) is 11.3 Å². The fraction of sp³-hybridized carbons (Fsp3) is 0.529. The van der Waals surface area contributed by atoms with Crippen LogP contribution in [0.3, 0.4) is 0 Å². The van der Waals surface area contributed by atoms with Crippen molar-refractivity contribution in [2.75, 3.05) is 13.2 Å². The van der Waals surface area contributed by atoms with E-state index in [0.29, 0.717) is 23.9 Å². The molecule has 1 aliphatic carbocycles. The average Bonchev–Trinajstić information content (AvgIpc) is 3.05. The van der Waals surface area contributed by atoms with Crippen molar-refractivity contribution in [2.45, 2.75) is 44.4 Å². The van der Waals surface area contributed by atoms with Gasteiger partial charge >= 0.3 is 0 Å². The second kappa shape index (κ2) is 6.18. The van der Waals surface area contributed by atoms with Crippen LogP contribution >= 0.6 is 0 Å². The summed E-state index contributed by atoms with van der Waals surface area (Å²) in [4.78, 5) is 2.45. The highest BCUT2D eigenvalue weighted by atomic mass is 16.5. The summed E-state index contributed by atoms with van der Waals surface area (Å²) in [5.41, 5.74) is 0.971. The van der Waals surface area contributed by atoms with E-state index in [1.54, 1.807) is 0 Å². The van der Waals surface area contributed by atoms with Gasteiger partial charge in [-0.1, -0.05) is 31.0 Å². The Kier molecular flexibility index (Phi) is 3.91. The maximum atomic E-state index is 5.92. The second-order valence-corrected chi connectivity index (χ2v) is 6.10. The highest BCUT2D eigenvalue weighted by molar-refractivity contribution is 5.51. The third kappa shape index (κ3) is 2.78. The number of benzene rings is 1. The summed E-state index contributed by atoms with van der Waals surface area (Å²) in [6.45, 7) is 2.48. The van der Waals surface area contributed by atoms with E-state index in [4.69, 9.17) is 9.15 Å². The minimum absolute atomic E-state index is 0.388. The van der Waals surface area contributed by atoms with E-state index in [9.17, 15) is 0 Å². The standard InChI is InChI=1S/C17H21N3O2/c1-2-6-13(7-3-1)17-19-18-16(22-17)12-20-10-11-21-15-9-5-4-8-14(15)20/h1-3,6-7,14-15H,4-5,8-12H2/t14-,15+/m0/s1. The third-order valence-corrected chi connectivity index (χ3v) is 4.67. The zero-order valence-corrected chi connectivity index (χ0v) is 12.6. The van der Waals surface area contributed by atoms with Crippen LogP contribution in [0.5, 0.6) is 0 Å². The van der Waals surface area contributed by atoms with Crippen LogP contribution in [-0.4, -0.2) is 40.4 Å². The Morgan fingerprint density at radius 2 is 1.95 bits per heavy atom. The Labute approximate surface area is 130 Å². The smallest absolute Gasteiger partial charge is 0.247 e. The zero-order chi connectivity index (χ0) is 14.8. The lowest BCUT2D eigenvalue weighted by atomic mass is 9.90. The van der Waals surface area contributed by atoms with Gasteiger partial charge in [0.25, 0.3) is 0 Å². The molecule has 116 valence electrons. The van der Waals surface area contributed by atoms with E-state index in [1.807, 2.05) is 30.3 Å². The second-order valence-electron chi connectivity index (χ2n) is 6.10. The molecule has 2 fully saturated rings. The quantitative estimate of drug-likeness (QED) is 0.872. The molecule has 5 nitrogen and oxygen atoms in total. The number of nitrogens with zero attached hydrogens (tertiary/aromatic N) is 3. The molecule has 1 aliphatic heterocycles. The summed E-state index contributed by atoms with van der Waals surface area (Å²) in [5, 5.41) is 8.41. The van der Waals surface area contributed by atoms with Gasteiger partial charge in [-0.25, -0.2) is 0 Å². The normalized spacial score (nSPS) is 25.8. The van der Waals surface area contributed by atoms with E-state index in [0.717, 1.165) is 25.3 Å². The summed E-state index contributed by atoms with van der Waals surface area (Å²) in [6.07, 6.45) is 5.36. The first-order chi connectivity index (χ1) is 10.9. The largest absolute Gasteiger partial charge is 0.419 e. The highest BCUT2D eigenvalue weighted by Crippen LogP contribution is 2.29. The summed E-state index contributed by atoms with van der Waals surface area (Å²) < 4.78 is 11.8. The minimum Gasteiger partial charge on any atom is -0.419 e. The van der Waals surface area contributed by atoms with Gasteiger partial charge in [-0.15, -0.1) is 10.2 Å². The molecule has 1 aromatic carbocycles. The number of morpholine rings is 1. The predicted octanol–water partition coefficient (Wildman–Crippen LogP) is 2.88. The Bertz CT molecular complexity index is 611. The number of aromatic nitrogens is 2. The van der Waals surface area contributed by atoms with Gasteiger partial charge in [0.15, 0.2) is 0 Å². The van der Waals surface area contributed by atoms with E-state index < -0.39 is 0 Å². The van der Waals surface area contributed by atoms with Gasteiger partial charge in [0.05, 0.1) is 19.3 Å². The molecular weight excluding hydrogens is 278 g/mol. The van der Waals surface area contributed by atoms with Crippen molar-refractivity contribution in [3.8, 4) is 11.5 Å². The lowest BCUT2D eigenvalue weighted by Crippen LogP contribution is -2.52. The van der Waals surface area contributed by atoms with E-state index in [1.165, 1.54) is 25.7 Å². The highest BCUT2D eigenvalue weighted by Gasteiger charge is 2.34. The first kappa shape index (κ1) is 13.9. The number of rotatable bonds is 3. The zero-order valence-electron chi connectivity index (χ0n) is 12.6. The fourth-order valence-corrected chi connectivity index (χ4v) is 3.56. The molecule has 0 bridgehead atoms. The van der Waals surface area contributed by atoms with Crippen LogP contribution in [0.2, 0.25) is 0 Å². The van der Waals surface area contributed by atoms with Crippen molar-refractivity contribution < 1.29 is 9.15 Å². The van der Waals surface area contributed by atoms with Crippen molar-refractivity contribution in [1.82, 2.24) is 15.1 Å². The van der Waals surface area contributed by atoms with E-state index in [2.05, 4.69) is 15.1 Å². The molecule has 0 amide bonds. The molecule has 5 heteroatoms. The summed E-state index contributed by atoms with van der Waals surface area (Å²) in [7, 11) is 0. The number of hydrogen-bond donors (Lipinski definition) is 0. The van der Waals surface area contributed by atoms with E-state index in [-0.39, 0.29) is 0 Å². The van der Waals surface area contributed by atoms with Gasteiger partial charge in [-0.3, -0.25) is 4.90 Å². The van der Waals surface area contributed by atoms with Crippen molar-refractivity contribution in [2.24, 2.45) is 0 Å². The van der Waals surface area contributed by atoms with Gasteiger partial charge in [-0.2, -0.15) is 0 Å². The van der Waals surface area contributed by atoms with Crippen LogP contribution in [0.4, 0.5) is 0 Å². The SMILES string of the molecule is c1ccc(-c2nnc(CN3CCO[C@@H]4CCCC[C@@H]43)o2)cc1. The van der Waals surface area contributed by atoms with Crippen LogP contribution in [0.1, 0.15) is 31.6 Å². The maximum Gasteiger partial charge on any atom is 0.247 e. The molecule has 0 N–H and O–H groups in total. The Morgan fingerprint density at radius 3 is 2.86 bits per heavy atom. The first-order valence-electron chi connectivity index (χ1n) is 8.13. The molecule has 2 aliphatic rings. The van der Waals surface area contributed by atoms with Crippen molar-refractivity contribution in [3.05, 3.63) is 36.2 Å². The molecule has 2 heterocycles. The first-order valence-corrected chi connectivity index (χ1v) is 8.13. The molecule has 0 radical (unpaired) electrons. The van der Waals surface area contributed by atoms with Gasteiger partial charge in [0.2, 0.25) is 11.8 Å². The fourth-order valence-electron chi connectivity index (χ4n) is 3.56. The molecule has 22 heavy (non-hydrogen) atoms. The van der Waals surface area contributed by atoms with Gasteiger partial charge in [0, 0.05) is 18.2 Å². The third-order valence-electron chi connectivity index (χ3n) is 4.67. The van der Waals surface area contributed by atoms with Gasteiger partial charge in [0.1, 0.15) is 0 Å². The lowest BCUT2D eigenvalue weighted by Gasteiger charge is -2.43. The summed E-state index contributed by atoms with van der Waals surface area (Å²) in [5.74, 6) is 1.30. The van der Waals surface area contributed by atoms with Crippen molar-refractivity contribution in [1.29, 1.82) is 0 Å². The maximum absolute atomic E-state index is 5.92. The molecule has 0 spiro atoms. The number of fused-ring (bicyclic) bond motifs is 1. The lowest BCUT2D eigenvalue weighted by molar-refractivity contribution is -0.0930. The van der Waals surface area contributed by atoms with Gasteiger partial charge in [-0.05, 0) is 25.0 Å². The molecule has 2 aromatic rings. The van der Waals surface area contributed by atoms with Crippen molar-refractivity contribution in [3.63, 3.8) is 0 Å². The van der Waals surface area contributed by atoms with Crippen LogP contribution in [0.15, 0.2) is 34.7 Å². The van der Waals surface area contributed by atoms with Crippen LogP contribution in [0.25, 0.3) is 11.5 Å². The molecule has 1 saturated heterocycles. The number of hydrogen-bond acceptors (Lipinski definition) is 5. The Balaban J connectivity index is 1.48.